The first-order valence-corrected chi connectivity index (χ1v) is 8.01. The van der Waals surface area contributed by atoms with Gasteiger partial charge in [-0.2, -0.15) is 0 Å². The number of aliphatic imine (C=N–C) groups is 1. The zero-order valence-corrected chi connectivity index (χ0v) is 13.1. The molecule has 0 radical (unpaired) electrons. The molecule has 4 nitrogen and oxygen atoms in total. The Labute approximate surface area is 127 Å². The zero-order valence-electron chi connectivity index (χ0n) is 13.1. The van der Waals surface area contributed by atoms with Crippen molar-refractivity contribution in [3.8, 4) is 0 Å². The molecule has 0 spiro atoms. The van der Waals surface area contributed by atoms with Crippen molar-refractivity contribution < 1.29 is 0 Å². The maximum Gasteiger partial charge on any atom is 0.193 e. The molecule has 2 fully saturated rings. The molecular weight excluding hydrogens is 260 g/mol. The lowest BCUT2D eigenvalue weighted by molar-refractivity contribution is 0.188. The minimum Gasteiger partial charge on any atom is -0.359 e. The number of likely N-dealkylation sites (tertiary alicyclic amines) is 1. The monoisotopic (exact) mass is 286 g/mol. The second-order valence-corrected chi connectivity index (χ2v) is 6.07. The molecule has 1 N–H and O–H groups in total. The van der Waals surface area contributed by atoms with E-state index in [0.29, 0.717) is 6.04 Å². The molecular formula is C17H26N4. The minimum atomic E-state index is 0.655. The molecule has 0 aliphatic carbocycles. The van der Waals surface area contributed by atoms with Gasteiger partial charge in [-0.25, -0.2) is 0 Å². The second kappa shape index (κ2) is 6.48. The number of rotatable bonds is 2. The maximum atomic E-state index is 4.38. The van der Waals surface area contributed by atoms with Crippen LogP contribution in [0.3, 0.4) is 0 Å². The van der Waals surface area contributed by atoms with Crippen LogP contribution in [0.1, 0.15) is 24.8 Å². The molecule has 0 saturated carbocycles. The van der Waals surface area contributed by atoms with Gasteiger partial charge >= 0.3 is 0 Å². The summed E-state index contributed by atoms with van der Waals surface area (Å²) in [5.41, 5.74) is 1.43. The van der Waals surface area contributed by atoms with E-state index >= 15 is 0 Å². The van der Waals surface area contributed by atoms with Crippen LogP contribution >= 0.6 is 0 Å². The Kier molecular flexibility index (Phi) is 4.44. The van der Waals surface area contributed by atoms with E-state index in [9.17, 15) is 0 Å². The quantitative estimate of drug-likeness (QED) is 0.666. The van der Waals surface area contributed by atoms with E-state index < -0.39 is 0 Å². The highest BCUT2D eigenvalue weighted by molar-refractivity contribution is 5.79. The Balaban J connectivity index is 1.72. The van der Waals surface area contributed by atoms with Crippen LogP contribution in [0.5, 0.6) is 0 Å². The molecule has 2 aliphatic rings. The molecule has 0 aromatic heterocycles. The van der Waals surface area contributed by atoms with E-state index in [1.165, 1.54) is 24.8 Å². The molecule has 2 aliphatic heterocycles. The van der Waals surface area contributed by atoms with Crippen molar-refractivity contribution in [1.29, 1.82) is 0 Å². The highest BCUT2D eigenvalue weighted by atomic mass is 15.3. The number of nitrogens with one attached hydrogen (secondary N) is 1. The Bertz CT molecular complexity index is 485. The van der Waals surface area contributed by atoms with Crippen molar-refractivity contribution in [2.45, 2.75) is 37.9 Å². The average Bonchev–Trinajstić information content (AvgIpc) is 2.78. The van der Waals surface area contributed by atoms with Gasteiger partial charge in [0.15, 0.2) is 5.96 Å². The predicted molar refractivity (Wildman–Crippen MR) is 87.4 cm³/mol. The van der Waals surface area contributed by atoms with E-state index in [2.05, 4.69) is 50.4 Å². The molecule has 21 heavy (non-hydrogen) atoms. The van der Waals surface area contributed by atoms with E-state index in [1.807, 2.05) is 14.1 Å². The predicted octanol–water partition coefficient (Wildman–Crippen LogP) is 1.93. The van der Waals surface area contributed by atoms with Crippen LogP contribution in [0.15, 0.2) is 35.3 Å². The van der Waals surface area contributed by atoms with Gasteiger partial charge in [0.1, 0.15) is 0 Å². The summed E-state index contributed by atoms with van der Waals surface area (Å²) < 4.78 is 0. The summed E-state index contributed by atoms with van der Waals surface area (Å²) >= 11 is 0. The van der Waals surface area contributed by atoms with Crippen LogP contribution in [-0.4, -0.2) is 55.0 Å². The smallest absolute Gasteiger partial charge is 0.193 e. The van der Waals surface area contributed by atoms with Gasteiger partial charge in [-0.05, 0) is 24.8 Å². The highest BCUT2D eigenvalue weighted by Crippen LogP contribution is 2.31. The first-order chi connectivity index (χ1) is 10.3. The summed E-state index contributed by atoms with van der Waals surface area (Å²) in [5.74, 6) is 1.03. The summed E-state index contributed by atoms with van der Waals surface area (Å²) in [4.78, 5) is 9.52. The second-order valence-electron chi connectivity index (χ2n) is 6.07. The summed E-state index contributed by atoms with van der Waals surface area (Å²) in [6, 6.07) is 12.3. The van der Waals surface area contributed by atoms with Gasteiger partial charge in [0, 0.05) is 45.8 Å². The largest absolute Gasteiger partial charge is 0.359 e. The fourth-order valence-corrected chi connectivity index (χ4v) is 3.83. The van der Waals surface area contributed by atoms with Gasteiger partial charge in [-0.3, -0.25) is 9.89 Å². The SMILES string of the molecule is CN=C(NC)N1CCC2CCC(C1)N2Cc1ccccc1. The number of nitrogens with zero attached hydrogens (tertiary/aromatic N) is 3. The number of guanidine groups is 1. The lowest BCUT2D eigenvalue weighted by atomic mass is 10.1. The lowest BCUT2D eigenvalue weighted by Crippen LogP contribution is -2.45. The van der Waals surface area contributed by atoms with Crippen LogP contribution in [0.25, 0.3) is 0 Å². The molecule has 2 atom stereocenters. The highest BCUT2D eigenvalue weighted by Gasteiger charge is 2.37. The number of hydrogen-bond acceptors (Lipinski definition) is 2. The normalized spacial score (nSPS) is 26.8. The third-order valence-electron chi connectivity index (χ3n) is 4.88. The lowest BCUT2D eigenvalue weighted by Gasteiger charge is -2.29. The zero-order chi connectivity index (χ0) is 14.7. The molecule has 2 saturated heterocycles. The average molecular weight is 286 g/mol. The number of benzene rings is 1. The summed E-state index contributed by atoms with van der Waals surface area (Å²) in [6.07, 6.45) is 3.90. The van der Waals surface area contributed by atoms with Gasteiger partial charge in [-0.15, -0.1) is 0 Å². The van der Waals surface area contributed by atoms with E-state index in [0.717, 1.165) is 31.6 Å². The standard InChI is InChI=1S/C17H26N4/c1-18-17(19-2)20-11-10-15-8-9-16(13-20)21(15)12-14-6-4-3-5-7-14/h3-7,15-16H,8-13H2,1-2H3,(H,18,19). The Morgan fingerprint density at radius 3 is 2.67 bits per heavy atom. The van der Waals surface area contributed by atoms with Crippen molar-refractivity contribution in [3.05, 3.63) is 35.9 Å². The van der Waals surface area contributed by atoms with Crippen LogP contribution < -0.4 is 5.32 Å². The molecule has 114 valence electrons. The van der Waals surface area contributed by atoms with Gasteiger partial charge in [0.25, 0.3) is 0 Å². The van der Waals surface area contributed by atoms with Gasteiger partial charge in [0.2, 0.25) is 0 Å². The fraction of sp³-hybridized carbons (Fsp3) is 0.588. The van der Waals surface area contributed by atoms with Crippen LogP contribution in [-0.2, 0) is 6.54 Å². The molecule has 2 bridgehead atoms. The molecule has 1 aromatic rings. The summed E-state index contributed by atoms with van der Waals surface area (Å²) in [7, 11) is 3.84. The number of fused-ring (bicyclic) bond motifs is 2. The van der Waals surface area contributed by atoms with Crippen molar-refractivity contribution in [1.82, 2.24) is 15.1 Å². The summed E-state index contributed by atoms with van der Waals surface area (Å²) in [5, 5.41) is 3.23. The molecule has 1 aromatic carbocycles. The first-order valence-electron chi connectivity index (χ1n) is 8.01. The number of hydrogen-bond donors (Lipinski definition) is 1. The van der Waals surface area contributed by atoms with Gasteiger partial charge in [-0.1, -0.05) is 30.3 Å². The topological polar surface area (TPSA) is 30.9 Å². The van der Waals surface area contributed by atoms with E-state index in [-0.39, 0.29) is 0 Å². The third-order valence-corrected chi connectivity index (χ3v) is 4.88. The first kappa shape index (κ1) is 14.4. The van der Waals surface area contributed by atoms with Crippen LogP contribution in [0.2, 0.25) is 0 Å². The van der Waals surface area contributed by atoms with Crippen molar-refractivity contribution in [3.63, 3.8) is 0 Å². The molecule has 3 rings (SSSR count). The van der Waals surface area contributed by atoms with Crippen molar-refractivity contribution >= 4 is 5.96 Å². The van der Waals surface area contributed by atoms with Gasteiger partial charge < -0.3 is 10.2 Å². The van der Waals surface area contributed by atoms with E-state index in [1.54, 1.807) is 0 Å². The fourth-order valence-electron chi connectivity index (χ4n) is 3.83. The van der Waals surface area contributed by atoms with Crippen molar-refractivity contribution in [2.24, 2.45) is 4.99 Å². The Morgan fingerprint density at radius 2 is 1.95 bits per heavy atom. The van der Waals surface area contributed by atoms with E-state index in [4.69, 9.17) is 0 Å². The van der Waals surface area contributed by atoms with Crippen LogP contribution in [0.4, 0.5) is 0 Å². The molecule has 0 amide bonds. The molecule has 2 unspecified atom stereocenters. The molecule has 4 heteroatoms. The minimum absolute atomic E-state index is 0.655. The Morgan fingerprint density at radius 1 is 1.19 bits per heavy atom. The maximum absolute atomic E-state index is 4.38. The van der Waals surface area contributed by atoms with Gasteiger partial charge in [0.05, 0.1) is 0 Å². The molecule has 2 heterocycles. The third kappa shape index (κ3) is 3.05. The Hall–Kier alpha value is -1.55. The van der Waals surface area contributed by atoms with Crippen LogP contribution in [0, 0.1) is 0 Å². The summed E-state index contributed by atoms with van der Waals surface area (Å²) in [6.45, 7) is 3.29. The van der Waals surface area contributed by atoms with Crippen molar-refractivity contribution in [2.75, 3.05) is 27.2 Å².